The molecule has 0 spiro atoms. The largest absolute Gasteiger partial charge is 0.481 e. The Morgan fingerprint density at radius 1 is 1.57 bits per heavy atom. The van der Waals surface area contributed by atoms with E-state index in [1.54, 1.807) is 0 Å². The molecule has 2 aliphatic rings. The van der Waals surface area contributed by atoms with E-state index in [-0.39, 0.29) is 18.4 Å². The van der Waals surface area contributed by atoms with Gasteiger partial charge in [0, 0.05) is 31.7 Å². The number of hydrogen-bond acceptors (Lipinski definition) is 4. The number of amides is 3. The van der Waals surface area contributed by atoms with Crippen LogP contribution in [0.5, 0.6) is 0 Å². The lowest BCUT2D eigenvalue weighted by Gasteiger charge is -2.35. The van der Waals surface area contributed by atoms with Crippen LogP contribution in [0.3, 0.4) is 0 Å². The van der Waals surface area contributed by atoms with Crippen molar-refractivity contribution in [3.05, 3.63) is 0 Å². The number of nitrogens with zero attached hydrogens (tertiary/aromatic N) is 1. The molecule has 2 saturated heterocycles. The summed E-state index contributed by atoms with van der Waals surface area (Å²) < 4.78 is 5.29. The minimum atomic E-state index is -1.10. The summed E-state index contributed by atoms with van der Waals surface area (Å²) in [4.78, 5) is 36.2. The highest BCUT2D eigenvalue weighted by Crippen LogP contribution is 2.17. The molecule has 2 fully saturated rings. The first-order valence-electron chi connectivity index (χ1n) is 7.13. The van der Waals surface area contributed by atoms with E-state index in [9.17, 15) is 14.4 Å². The molecular weight excluding hydrogens is 278 g/mol. The van der Waals surface area contributed by atoms with Crippen molar-refractivity contribution in [1.29, 1.82) is 0 Å². The fraction of sp³-hybridized carbons (Fsp3) is 0.769. The normalized spacial score (nSPS) is 27.1. The molecule has 0 radical (unpaired) electrons. The number of aliphatic carboxylic acids is 1. The summed E-state index contributed by atoms with van der Waals surface area (Å²) in [5.41, 5.74) is 0. The molecule has 8 heteroatoms. The van der Waals surface area contributed by atoms with E-state index in [0.29, 0.717) is 26.3 Å². The summed E-state index contributed by atoms with van der Waals surface area (Å²) in [5, 5.41) is 14.3. The van der Waals surface area contributed by atoms with Gasteiger partial charge in [-0.15, -0.1) is 0 Å². The molecule has 2 rings (SSSR count). The SMILES string of the molecule is CC(NC(=O)N1CCNC(=O)C1CC(=O)O)C1CCOC1. The molecule has 3 atom stereocenters. The molecule has 0 aliphatic carbocycles. The Kier molecular flexibility index (Phi) is 5.00. The average Bonchev–Trinajstić information content (AvgIpc) is 2.94. The monoisotopic (exact) mass is 299 g/mol. The summed E-state index contributed by atoms with van der Waals surface area (Å²) in [5.74, 6) is -1.27. The van der Waals surface area contributed by atoms with Gasteiger partial charge in [0.2, 0.25) is 5.91 Å². The summed E-state index contributed by atoms with van der Waals surface area (Å²) in [6, 6.07) is -1.42. The second kappa shape index (κ2) is 6.75. The topological polar surface area (TPSA) is 108 Å². The summed E-state index contributed by atoms with van der Waals surface area (Å²) in [7, 11) is 0. The third-order valence-electron chi connectivity index (χ3n) is 3.98. The number of nitrogens with one attached hydrogen (secondary N) is 2. The number of urea groups is 1. The Bertz CT molecular complexity index is 422. The van der Waals surface area contributed by atoms with E-state index >= 15 is 0 Å². The first-order chi connectivity index (χ1) is 9.99. The van der Waals surface area contributed by atoms with Gasteiger partial charge in [-0.25, -0.2) is 4.79 Å². The van der Waals surface area contributed by atoms with Gasteiger partial charge in [0.1, 0.15) is 6.04 Å². The van der Waals surface area contributed by atoms with Gasteiger partial charge in [-0.1, -0.05) is 0 Å². The van der Waals surface area contributed by atoms with Crippen molar-refractivity contribution in [2.24, 2.45) is 5.92 Å². The van der Waals surface area contributed by atoms with Crippen molar-refractivity contribution >= 4 is 17.9 Å². The highest BCUT2D eigenvalue weighted by molar-refractivity contribution is 5.91. The highest BCUT2D eigenvalue weighted by atomic mass is 16.5. The van der Waals surface area contributed by atoms with Crippen LogP contribution < -0.4 is 10.6 Å². The zero-order valence-electron chi connectivity index (χ0n) is 12.0. The third kappa shape index (κ3) is 3.84. The molecule has 0 saturated carbocycles. The Labute approximate surface area is 122 Å². The molecule has 8 nitrogen and oxygen atoms in total. The zero-order valence-corrected chi connectivity index (χ0v) is 12.0. The molecule has 2 heterocycles. The Balaban J connectivity index is 1.97. The molecule has 0 aromatic heterocycles. The maximum absolute atomic E-state index is 12.3. The Hall–Kier alpha value is -1.83. The second-order valence-corrected chi connectivity index (χ2v) is 5.46. The smallest absolute Gasteiger partial charge is 0.318 e. The minimum absolute atomic E-state index is 0.0736. The van der Waals surface area contributed by atoms with Crippen LogP contribution in [0, 0.1) is 5.92 Å². The maximum Gasteiger partial charge on any atom is 0.318 e. The molecule has 3 amide bonds. The van der Waals surface area contributed by atoms with Gasteiger partial charge in [0.25, 0.3) is 0 Å². The van der Waals surface area contributed by atoms with Gasteiger partial charge in [0.05, 0.1) is 13.0 Å². The van der Waals surface area contributed by atoms with Gasteiger partial charge < -0.3 is 25.4 Å². The third-order valence-corrected chi connectivity index (χ3v) is 3.98. The van der Waals surface area contributed by atoms with Crippen molar-refractivity contribution in [1.82, 2.24) is 15.5 Å². The van der Waals surface area contributed by atoms with Crippen LogP contribution in [0.25, 0.3) is 0 Å². The lowest BCUT2D eigenvalue weighted by Crippen LogP contribution is -2.61. The molecule has 0 aromatic rings. The number of carbonyl (C=O) groups is 3. The predicted molar refractivity (Wildman–Crippen MR) is 72.7 cm³/mol. The van der Waals surface area contributed by atoms with E-state index in [0.717, 1.165) is 6.42 Å². The van der Waals surface area contributed by atoms with Gasteiger partial charge in [0.15, 0.2) is 0 Å². The fourth-order valence-corrected chi connectivity index (χ4v) is 2.67. The summed E-state index contributed by atoms with van der Waals surface area (Å²) >= 11 is 0. The molecule has 118 valence electrons. The second-order valence-electron chi connectivity index (χ2n) is 5.46. The van der Waals surface area contributed by atoms with Gasteiger partial charge >= 0.3 is 12.0 Å². The number of carboxylic acid groups (broad SMARTS) is 1. The van der Waals surface area contributed by atoms with E-state index in [4.69, 9.17) is 9.84 Å². The number of hydrogen-bond donors (Lipinski definition) is 3. The van der Waals surface area contributed by atoms with Crippen LogP contribution in [0.4, 0.5) is 4.79 Å². The van der Waals surface area contributed by atoms with Crippen LogP contribution in [-0.4, -0.2) is 66.3 Å². The molecule has 2 aliphatic heterocycles. The zero-order chi connectivity index (χ0) is 15.4. The first kappa shape index (κ1) is 15.6. The Morgan fingerprint density at radius 3 is 2.95 bits per heavy atom. The number of ether oxygens (including phenoxy) is 1. The van der Waals surface area contributed by atoms with Crippen molar-refractivity contribution in [2.75, 3.05) is 26.3 Å². The molecule has 0 bridgehead atoms. The van der Waals surface area contributed by atoms with Crippen LogP contribution in [0.1, 0.15) is 19.8 Å². The molecule has 21 heavy (non-hydrogen) atoms. The molecule has 3 N–H and O–H groups in total. The number of rotatable bonds is 4. The van der Waals surface area contributed by atoms with Crippen LogP contribution in [-0.2, 0) is 14.3 Å². The van der Waals surface area contributed by atoms with E-state index in [1.807, 2.05) is 6.92 Å². The lowest BCUT2D eigenvalue weighted by molar-refractivity contribution is -0.142. The fourth-order valence-electron chi connectivity index (χ4n) is 2.67. The minimum Gasteiger partial charge on any atom is -0.481 e. The number of carboxylic acids is 1. The van der Waals surface area contributed by atoms with Crippen LogP contribution in [0.15, 0.2) is 0 Å². The predicted octanol–water partition coefficient (Wildman–Crippen LogP) is -0.604. The quantitative estimate of drug-likeness (QED) is 0.642. The highest BCUT2D eigenvalue weighted by Gasteiger charge is 2.35. The van der Waals surface area contributed by atoms with Gasteiger partial charge in [-0.05, 0) is 13.3 Å². The van der Waals surface area contributed by atoms with E-state index < -0.39 is 23.9 Å². The summed E-state index contributed by atoms with van der Waals surface area (Å²) in [6.45, 7) is 3.85. The van der Waals surface area contributed by atoms with Crippen LogP contribution in [0.2, 0.25) is 0 Å². The Morgan fingerprint density at radius 2 is 2.33 bits per heavy atom. The van der Waals surface area contributed by atoms with Gasteiger partial charge in [-0.2, -0.15) is 0 Å². The van der Waals surface area contributed by atoms with Crippen LogP contribution >= 0.6 is 0 Å². The maximum atomic E-state index is 12.3. The number of carbonyl (C=O) groups excluding carboxylic acids is 2. The van der Waals surface area contributed by atoms with Crippen molar-refractivity contribution in [2.45, 2.75) is 31.8 Å². The van der Waals surface area contributed by atoms with Crippen molar-refractivity contribution in [3.8, 4) is 0 Å². The van der Waals surface area contributed by atoms with E-state index in [2.05, 4.69) is 10.6 Å². The van der Waals surface area contributed by atoms with Crippen molar-refractivity contribution in [3.63, 3.8) is 0 Å². The standard InChI is InChI=1S/C13H21N3O5/c1-8(9-2-5-21-7-9)15-13(20)16-4-3-14-12(19)10(16)6-11(17)18/h8-10H,2-7H2,1H3,(H,14,19)(H,15,20)(H,17,18). The first-order valence-corrected chi connectivity index (χ1v) is 7.13. The lowest BCUT2D eigenvalue weighted by atomic mass is 10.0. The average molecular weight is 299 g/mol. The molecule has 0 aromatic carbocycles. The van der Waals surface area contributed by atoms with Crippen molar-refractivity contribution < 1.29 is 24.2 Å². The molecular formula is C13H21N3O5. The van der Waals surface area contributed by atoms with Gasteiger partial charge in [-0.3, -0.25) is 9.59 Å². The molecule has 3 unspecified atom stereocenters. The number of piperazine rings is 1. The summed E-state index contributed by atoms with van der Waals surface area (Å²) in [6.07, 6.45) is 0.501. The van der Waals surface area contributed by atoms with E-state index in [1.165, 1.54) is 4.90 Å².